The van der Waals surface area contributed by atoms with Gasteiger partial charge in [0.25, 0.3) is 0 Å². The Bertz CT molecular complexity index is 147. The second-order valence-electron chi connectivity index (χ2n) is 3.89. The van der Waals surface area contributed by atoms with E-state index in [1.165, 1.54) is 5.75 Å². The molecule has 0 aromatic heterocycles. The first-order valence-corrected chi connectivity index (χ1v) is 6.97. The summed E-state index contributed by atoms with van der Waals surface area (Å²) in [4.78, 5) is 2.41. The second kappa shape index (κ2) is 9.46. The lowest BCUT2D eigenvalue weighted by molar-refractivity contribution is 0.0897. The molecule has 0 radical (unpaired) electrons. The Morgan fingerprint density at radius 1 is 1.47 bits per heavy atom. The van der Waals surface area contributed by atoms with Gasteiger partial charge in [-0.05, 0) is 26.8 Å². The van der Waals surface area contributed by atoms with Gasteiger partial charge < -0.3 is 10.1 Å². The summed E-state index contributed by atoms with van der Waals surface area (Å²) >= 11 is 1.89. The van der Waals surface area contributed by atoms with Crippen LogP contribution in [0.5, 0.6) is 0 Å². The monoisotopic (exact) mass is 234 g/mol. The van der Waals surface area contributed by atoms with Crippen molar-refractivity contribution in [3.63, 3.8) is 0 Å². The lowest BCUT2D eigenvalue weighted by Crippen LogP contribution is -2.47. The summed E-state index contributed by atoms with van der Waals surface area (Å²) < 4.78 is 5.26. The molecule has 0 spiro atoms. The van der Waals surface area contributed by atoms with E-state index in [0.29, 0.717) is 12.1 Å². The summed E-state index contributed by atoms with van der Waals surface area (Å²) in [6.45, 7) is 7.22. The third-order valence-electron chi connectivity index (χ3n) is 2.67. The predicted molar refractivity (Wildman–Crippen MR) is 69.8 cm³/mol. The summed E-state index contributed by atoms with van der Waals surface area (Å²) in [5, 5.41) is 3.38. The molecule has 0 amide bonds. The summed E-state index contributed by atoms with van der Waals surface area (Å²) in [6.07, 6.45) is 2.15. The summed E-state index contributed by atoms with van der Waals surface area (Å²) in [7, 11) is 3.95. The molecular formula is C11H26N2OS. The molecule has 0 aliphatic carbocycles. The first kappa shape index (κ1) is 15.2. The Morgan fingerprint density at radius 2 is 2.13 bits per heavy atom. The number of ether oxygens (including phenoxy) is 1. The molecular weight excluding hydrogens is 208 g/mol. The maximum Gasteiger partial charge on any atom is 0.0630 e. The molecule has 0 saturated carbocycles. The van der Waals surface area contributed by atoms with Crippen LogP contribution in [0.4, 0.5) is 0 Å². The van der Waals surface area contributed by atoms with E-state index >= 15 is 0 Å². The molecule has 3 nitrogen and oxygen atoms in total. The lowest BCUT2D eigenvalue weighted by Gasteiger charge is -2.32. The predicted octanol–water partition coefficient (Wildman–Crippen LogP) is 1.29. The molecule has 0 rings (SSSR count). The number of rotatable bonds is 9. The Hall–Kier alpha value is 0.230. The van der Waals surface area contributed by atoms with E-state index in [-0.39, 0.29) is 0 Å². The van der Waals surface area contributed by atoms with Crippen LogP contribution in [0, 0.1) is 0 Å². The molecule has 0 aliphatic heterocycles. The number of methoxy groups -OCH3 is 1. The number of likely N-dealkylation sites (N-methyl/N-ethyl adjacent to an activating group) is 2. The molecule has 2 atom stereocenters. The van der Waals surface area contributed by atoms with Crippen molar-refractivity contribution < 1.29 is 4.74 Å². The van der Waals surface area contributed by atoms with E-state index < -0.39 is 0 Å². The van der Waals surface area contributed by atoms with Gasteiger partial charge >= 0.3 is 0 Å². The van der Waals surface area contributed by atoms with E-state index in [2.05, 4.69) is 37.4 Å². The van der Waals surface area contributed by atoms with Crippen LogP contribution in [0.1, 0.15) is 13.8 Å². The van der Waals surface area contributed by atoms with Crippen molar-refractivity contribution in [1.29, 1.82) is 0 Å². The highest BCUT2D eigenvalue weighted by Crippen LogP contribution is 2.07. The number of thioether (sulfide) groups is 1. The van der Waals surface area contributed by atoms with E-state index in [9.17, 15) is 0 Å². The number of hydrogen-bond donors (Lipinski definition) is 1. The van der Waals surface area contributed by atoms with Gasteiger partial charge in [0.1, 0.15) is 0 Å². The second-order valence-corrected chi connectivity index (χ2v) is 4.80. The van der Waals surface area contributed by atoms with Crippen LogP contribution in [0.25, 0.3) is 0 Å². The third kappa shape index (κ3) is 6.40. The Kier molecular flexibility index (Phi) is 9.60. The van der Waals surface area contributed by atoms with Crippen LogP contribution in [-0.4, -0.2) is 62.8 Å². The molecule has 0 fully saturated rings. The van der Waals surface area contributed by atoms with Crippen LogP contribution >= 0.6 is 11.8 Å². The maximum absolute atomic E-state index is 5.26. The van der Waals surface area contributed by atoms with Crippen LogP contribution in [0.15, 0.2) is 0 Å². The van der Waals surface area contributed by atoms with Crippen LogP contribution < -0.4 is 5.32 Å². The Labute approximate surface area is 98.9 Å². The Morgan fingerprint density at radius 3 is 2.60 bits per heavy atom. The Balaban J connectivity index is 4.06. The average molecular weight is 234 g/mol. The van der Waals surface area contributed by atoms with E-state index in [0.717, 1.165) is 19.7 Å². The third-order valence-corrected chi connectivity index (χ3v) is 3.48. The van der Waals surface area contributed by atoms with E-state index in [1.807, 2.05) is 11.8 Å². The lowest BCUT2D eigenvalue weighted by atomic mass is 10.2. The standard InChI is InChI=1S/C11H26N2OS/c1-6-12-7-11(8-14-4)13(3)10(2)9-15-5/h10-12H,6-9H2,1-5H3. The number of hydrogen-bond acceptors (Lipinski definition) is 4. The fourth-order valence-electron chi connectivity index (χ4n) is 1.54. The zero-order valence-corrected chi connectivity index (χ0v) is 11.6. The highest BCUT2D eigenvalue weighted by molar-refractivity contribution is 7.98. The van der Waals surface area contributed by atoms with Crippen LogP contribution in [0.2, 0.25) is 0 Å². The summed E-state index contributed by atoms with van der Waals surface area (Å²) in [5.41, 5.74) is 0. The normalized spacial score (nSPS) is 15.6. The summed E-state index contributed by atoms with van der Waals surface area (Å²) in [6, 6.07) is 1.07. The van der Waals surface area contributed by atoms with Gasteiger partial charge in [0.2, 0.25) is 0 Å². The van der Waals surface area contributed by atoms with Crippen molar-refractivity contribution >= 4 is 11.8 Å². The molecule has 0 saturated heterocycles. The maximum atomic E-state index is 5.26. The molecule has 0 bridgehead atoms. The number of nitrogens with zero attached hydrogens (tertiary/aromatic N) is 1. The van der Waals surface area contributed by atoms with Crippen molar-refractivity contribution in [2.45, 2.75) is 25.9 Å². The van der Waals surface area contributed by atoms with E-state index in [4.69, 9.17) is 4.74 Å². The summed E-state index contributed by atoms with van der Waals surface area (Å²) in [5.74, 6) is 1.17. The quantitative estimate of drug-likeness (QED) is 0.650. The fraction of sp³-hybridized carbons (Fsp3) is 1.00. The van der Waals surface area contributed by atoms with Crippen molar-refractivity contribution in [3.05, 3.63) is 0 Å². The van der Waals surface area contributed by atoms with Crippen molar-refractivity contribution in [2.75, 3.05) is 45.9 Å². The molecule has 1 N–H and O–H groups in total. The SMILES string of the molecule is CCNCC(COC)N(C)C(C)CSC. The van der Waals surface area contributed by atoms with Gasteiger partial charge in [-0.15, -0.1) is 0 Å². The fourth-order valence-corrected chi connectivity index (χ4v) is 2.26. The first-order chi connectivity index (χ1) is 7.17. The zero-order valence-electron chi connectivity index (χ0n) is 10.7. The van der Waals surface area contributed by atoms with Gasteiger partial charge in [0.15, 0.2) is 0 Å². The van der Waals surface area contributed by atoms with Crippen molar-refractivity contribution in [1.82, 2.24) is 10.2 Å². The number of nitrogens with one attached hydrogen (secondary N) is 1. The minimum atomic E-state index is 0.470. The molecule has 4 heteroatoms. The minimum Gasteiger partial charge on any atom is -0.383 e. The van der Waals surface area contributed by atoms with Gasteiger partial charge in [-0.3, -0.25) is 4.90 Å². The van der Waals surface area contributed by atoms with Gasteiger partial charge in [0.05, 0.1) is 6.61 Å². The largest absolute Gasteiger partial charge is 0.383 e. The smallest absolute Gasteiger partial charge is 0.0630 e. The van der Waals surface area contributed by atoms with Crippen molar-refractivity contribution in [2.24, 2.45) is 0 Å². The topological polar surface area (TPSA) is 24.5 Å². The van der Waals surface area contributed by atoms with Gasteiger partial charge in [-0.25, -0.2) is 0 Å². The van der Waals surface area contributed by atoms with Gasteiger partial charge in [0, 0.05) is 31.5 Å². The van der Waals surface area contributed by atoms with Crippen LogP contribution in [-0.2, 0) is 4.74 Å². The molecule has 0 aromatic rings. The molecule has 0 aromatic carbocycles. The van der Waals surface area contributed by atoms with E-state index in [1.54, 1.807) is 7.11 Å². The highest BCUT2D eigenvalue weighted by Gasteiger charge is 2.18. The molecule has 15 heavy (non-hydrogen) atoms. The van der Waals surface area contributed by atoms with Gasteiger partial charge in [-0.2, -0.15) is 11.8 Å². The first-order valence-electron chi connectivity index (χ1n) is 5.57. The zero-order chi connectivity index (χ0) is 11.7. The molecule has 2 unspecified atom stereocenters. The minimum absolute atomic E-state index is 0.470. The van der Waals surface area contributed by atoms with Crippen molar-refractivity contribution in [3.8, 4) is 0 Å². The highest BCUT2D eigenvalue weighted by atomic mass is 32.2. The molecule has 92 valence electrons. The van der Waals surface area contributed by atoms with Gasteiger partial charge in [-0.1, -0.05) is 6.92 Å². The molecule has 0 heterocycles. The van der Waals surface area contributed by atoms with Crippen LogP contribution in [0.3, 0.4) is 0 Å². The molecule has 0 aliphatic rings. The average Bonchev–Trinajstić information content (AvgIpc) is 2.23.